The fourth-order valence-electron chi connectivity index (χ4n) is 2.48. The van der Waals surface area contributed by atoms with E-state index >= 15 is 0 Å². The molecule has 0 aliphatic heterocycles. The van der Waals surface area contributed by atoms with Gasteiger partial charge in [0.15, 0.2) is 0 Å². The van der Waals surface area contributed by atoms with Crippen LogP contribution in [-0.2, 0) is 4.79 Å². The number of benzene rings is 2. The van der Waals surface area contributed by atoms with E-state index in [0.29, 0.717) is 5.82 Å². The second-order valence-electron chi connectivity index (χ2n) is 5.88. The number of hydrogen-bond acceptors (Lipinski definition) is 4. The highest BCUT2D eigenvalue weighted by Gasteiger charge is 2.08. The first-order chi connectivity index (χ1) is 12.0. The fraction of sp³-hybridized carbons (Fsp3) is 0.100. The van der Waals surface area contributed by atoms with Crippen molar-refractivity contribution in [3.8, 4) is 22.4 Å². The minimum atomic E-state index is -0.547. The minimum absolute atomic E-state index is 0.208. The molecular formula is C20H20N4O. The van der Waals surface area contributed by atoms with Gasteiger partial charge in [0.05, 0.1) is 11.7 Å². The summed E-state index contributed by atoms with van der Waals surface area (Å²) < 4.78 is 0. The van der Waals surface area contributed by atoms with Crippen LogP contribution in [0, 0.1) is 0 Å². The Balaban J connectivity index is 1.84. The number of anilines is 2. The Labute approximate surface area is 146 Å². The molecule has 0 saturated heterocycles. The number of carbonyl (C=O) groups excluding carboxylic acids is 1. The van der Waals surface area contributed by atoms with Gasteiger partial charge in [-0.2, -0.15) is 0 Å². The topological polar surface area (TPSA) is 94.0 Å². The van der Waals surface area contributed by atoms with Crippen molar-refractivity contribution in [2.75, 3.05) is 11.1 Å². The lowest BCUT2D eigenvalue weighted by atomic mass is 10.0. The van der Waals surface area contributed by atoms with Gasteiger partial charge in [-0.3, -0.25) is 4.79 Å². The van der Waals surface area contributed by atoms with E-state index in [1.54, 1.807) is 13.0 Å². The lowest BCUT2D eigenvalue weighted by Crippen LogP contribution is -2.32. The molecule has 0 aliphatic rings. The zero-order valence-electron chi connectivity index (χ0n) is 13.9. The highest BCUT2D eigenvalue weighted by atomic mass is 16.2. The Hall–Kier alpha value is -3.18. The van der Waals surface area contributed by atoms with Crippen LogP contribution in [0.4, 0.5) is 11.5 Å². The Morgan fingerprint density at radius 3 is 2.32 bits per heavy atom. The maximum Gasteiger partial charge on any atom is 0.240 e. The molecule has 1 unspecified atom stereocenters. The van der Waals surface area contributed by atoms with Gasteiger partial charge < -0.3 is 16.8 Å². The van der Waals surface area contributed by atoms with Crippen LogP contribution in [0.3, 0.4) is 0 Å². The molecule has 5 N–H and O–H groups in total. The van der Waals surface area contributed by atoms with Crippen molar-refractivity contribution < 1.29 is 4.79 Å². The van der Waals surface area contributed by atoms with Crippen LogP contribution >= 0.6 is 0 Å². The summed E-state index contributed by atoms with van der Waals surface area (Å²) in [5.74, 6) is 0.291. The maximum absolute atomic E-state index is 11.7. The zero-order valence-corrected chi connectivity index (χ0v) is 13.9. The molecule has 0 bridgehead atoms. The van der Waals surface area contributed by atoms with E-state index in [4.69, 9.17) is 11.5 Å². The van der Waals surface area contributed by atoms with Crippen LogP contribution in [0.1, 0.15) is 6.92 Å². The Morgan fingerprint density at radius 1 is 0.960 bits per heavy atom. The van der Waals surface area contributed by atoms with Crippen molar-refractivity contribution in [1.82, 2.24) is 4.98 Å². The number of pyridine rings is 1. The van der Waals surface area contributed by atoms with Gasteiger partial charge in [-0.05, 0) is 42.3 Å². The summed E-state index contributed by atoms with van der Waals surface area (Å²) in [6, 6.07) is 20.7. The first-order valence-electron chi connectivity index (χ1n) is 8.03. The van der Waals surface area contributed by atoms with Crippen LogP contribution < -0.4 is 16.8 Å². The van der Waals surface area contributed by atoms with Gasteiger partial charge in [-0.25, -0.2) is 4.98 Å². The van der Waals surface area contributed by atoms with Gasteiger partial charge in [0.2, 0.25) is 5.91 Å². The summed E-state index contributed by atoms with van der Waals surface area (Å²) in [5.41, 5.74) is 15.9. The second-order valence-corrected chi connectivity index (χ2v) is 5.88. The van der Waals surface area contributed by atoms with Crippen molar-refractivity contribution in [3.63, 3.8) is 0 Å². The first kappa shape index (κ1) is 16.7. The summed E-state index contributed by atoms with van der Waals surface area (Å²) in [7, 11) is 0. The molecule has 0 radical (unpaired) electrons. The molecule has 3 rings (SSSR count). The van der Waals surface area contributed by atoms with Crippen molar-refractivity contribution >= 4 is 17.4 Å². The smallest absolute Gasteiger partial charge is 0.240 e. The lowest BCUT2D eigenvalue weighted by molar-refractivity contribution is -0.117. The van der Waals surface area contributed by atoms with Gasteiger partial charge in [-0.1, -0.05) is 42.5 Å². The Bertz CT molecular complexity index is 888. The molecule has 25 heavy (non-hydrogen) atoms. The van der Waals surface area contributed by atoms with E-state index in [0.717, 1.165) is 28.1 Å². The predicted molar refractivity (Wildman–Crippen MR) is 102 cm³/mol. The first-order valence-corrected chi connectivity index (χ1v) is 8.03. The molecule has 5 heteroatoms. The van der Waals surface area contributed by atoms with E-state index in [1.807, 2.05) is 60.7 Å². The molecule has 1 amide bonds. The molecule has 0 spiro atoms. The average Bonchev–Trinajstić information content (AvgIpc) is 2.62. The van der Waals surface area contributed by atoms with E-state index < -0.39 is 6.04 Å². The molecule has 1 aromatic heterocycles. The third-order valence-corrected chi connectivity index (χ3v) is 3.83. The number of nitrogen functional groups attached to an aromatic ring is 1. The third-order valence-electron chi connectivity index (χ3n) is 3.83. The Kier molecular flexibility index (Phi) is 4.77. The molecular weight excluding hydrogens is 312 g/mol. The van der Waals surface area contributed by atoms with Gasteiger partial charge in [0.25, 0.3) is 0 Å². The normalized spacial score (nSPS) is 11.8. The van der Waals surface area contributed by atoms with Gasteiger partial charge in [0.1, 0.15) is 5.82 Å². The summed E-state index contributed by atoms with van der Waals surface area (Å²) in [6.45, 7) is 1.66. The SMILES string of the molecule is CC(N)C(=O)Nc1cccc(-c2ccc(-c3cccc(N)n3)cc2)c1. The van der Waals surface area contributed by atoms with Gasteiger partial charge in [-0.15, -0.1) is 0 Å². The number of carbonyl (C=O) groups is 1. The number of hydrogen-bond donors (Lipinski definition) is 3. The van der Waals surface area contributed by atoms with Crippen LogP contribution in [0.5, 0.6) is 0 Å². The summed E-state index contributed by atoms with van der Waals surface area (Å²) in [6.07, 6.45) is 0. The predicted octanol–water partition coefficient (Wildman–Crippen LogP) is 3.28. The molecule has 3 aromatic rings. The summed E-state index contributed by atoms with van der Waals surface area (Å²) in [4.78, 5) is 16.1. The van der Waals surface area contributed by atoms with Crippen molar-refractivity contribution in [3.05, 3.63) is 66.7 Å². The fourth-order valence-corrected chi connectivity index (χ4v) is 2.48. The second kappa shape index (κ2) is 7.15. The highest BCUT2D eigenvalue weighted by Crippen LogP contribution is 2.26. The van der Waals surface area contributed by atoms with Crippen LogP contribution in [-0.4, -0.2) is 16.9 Å². The molecule has 5 nitrogen and oxygen atoms in total. The number of amides is 1. The molecule has 1 heterocycles. The molecule has 0 saturated carbocycles. The summed E-state index contributed by atoms with van der Waals surface area (Å²) in [5, 5.41) is 2.81. The summed E-state index contributed by atoms with van der Waals surface area (Å²) >= 11 is 0. The molecule has 126 valence electrons. The number of nitrogens with one attached hydrogen (secondary N) is 1. The van der Waals surface area contributed by atoms with Crippen LogP contribution in [0.2, 0.25) is 0 Å². The lowest BCUT2D eigenvalue weighted by Gasteiger charge is -2.10. The molecule has 2 aromatic carbocycles. The van der Waals surface area contributed by atoms with Crippen molar-refractivity contribution in [1.29, 1.82) is 0 Å². The number of aromatic nitrogens is 1. The van der Waals surface area contributed by atoms with E-state index in [2.05, 4.69) is 10.3 Å². The van der Waals surface area contributed by atoms with Crippen molar-refractivity contribution in [2.45, 2.75) is 13.0 Å². The van der Waals surface area contributed by atoms with Crippen molar-refractivity contribution in [2.24, 2.45) is 5.73 Å². The van der Waals surface area contributed by atoms with Crippen LogP contribution in [0.25, 0.3) is 22.4 Å². The largest absolute Gasteiger partial charge is 0.384 e. The third kappa shape index (κ3) is 4.02. The van der Waals surface area contributed by atoms with E-state index in [9.17, 15) is 4.79 Å². The maximum atomic E-state index is 11.7. The minimum Gasteiger partial charge on any atom is -0.384 e. The van der Waals surface area contributed by atoms with Crippen LogP contribution in [0.15, 0.2) is 66.7 Å². The molecule has 0 aliphatic carbocycles. The number of nitrogens with zero attached hydrogens (tertiary/aromatic N) is 1. The molecule has 0 fully saturated rings. The quantitative estimate of drug-likeness (QED) is 0.683. The van der Waals surface area contributed by atoms with E-state index in [1.165, 1.54) is 0 Å². The van der Waals surface area contributed by atoms with Gasteiger partial charge in [0, 0.05) is 11.3 Å². The van der Waals surface area contributed by atoms with Gasteiger partial charge >= 0.3 is 0 Å². The standard InChI is InChI=1S/C20H20N4O/c1-13(21)20(25)23-17-5-2-4-16(12-17)14-8-10-15(11-9-14)18-6-3-7-19(22)24-18/h2-13H,21H2,1H3,(H2,22,24)(H,23,25). The number of rotatable bonds is 4. The monoisotopic (exact) mass is 332 g/mol. The average molecular weight is 332 g/mol. The number of nitrogens with two attached hydrogens (primary N) is 2. The van der Waals surface area contributed by atoms with E-state index in [-0.39, 0.29) is 5.91 Å². The highest BCUT2D eigenvalue weighted by molar-refractivity contribution is 5.95. The Morgan fingerprint density at radius 2 is 1.64 bits per heavy atom. The zero-order chi connectivity index (χ0) is 17.8. The molecule has 1 atom stereocenters.